The summed E-state index contributed by atoms with van der Waals surface area (Å²) in [4.78, 5) is 20.5. The highest BCUT2D eigenvalue weighted by atomic mass is 19.4. The average Bonchev–Trinajstić information content (AvgIpc) is 2.53. The van der Waals surface area contributed by atoms with Gasteiger partial charge in [0.2, 0.25) is 0 Å². The summed E-state index contributed by atoms with van der Waals surface area (Å²) >= 11 is 0. The number of rotatable bonds is 6. The molecule has 8 heteroatoms. The van der Waals surface area contributed by atoms with Crippen molar-refractivity contribution in [3.8, 4) is 0 Å². The number of aromatic nitrogens is 2. The molecule has 0 bridgehead atoms. The van der Waals surface area contributed by atoms with E-state index in [2.05, 4.69) is 34.4 Å². The average molecular weight is 366 g/mol. The van der Waals surface area contributed by atoms with E-state index in [-0.39, 0.29) is 11.6 Å². The summed E-state index contributed by atoms with van der Waals surface area (Å²) in [5.74, 6) is 0.883. The zero-order chi connectivity index (χ0) is 19.3. The molecular weight excluding hydrogens is 345 g/mol. The van der Waals surface area contributed by atoms with Gasteiger partial charge in [0.05, 0.1) is 5.56 Å². The lowest BCUT2D eigenvalue weighted by molar-refractivity contribution is -0.137. The van der Waals surface area contributed by atoms with Gasteiger partial charge in [-0.2, -0.15) is 13.2 Å². The SMILES string of the molecule is Cc1nc(Nc2ccc(C(F)(F)F)cc2)cc(C(=O)NCCC(C)C)n1. The van der Waals surface area contributed by atoms with Crippen LogP contribution in [0.5, 0.6) is 0 Å². The summed E-state index contributed by atoms with van der Waals surface area (Å²) in [6.07, 6.45) is -3.53. The van der Waals surface area contributed by atoms with Crippen molar-refractivity contribution in [1.82, 2.24) is 15.3 Å². The topological polar surface area (TPSA) is 66.9 Å². The summed E-state index contributed by atoms with van der Waals surface area (Å²) in [6.45, 7) is 6.31. The van der Waals surface area contributed by atoms with Gasteiger partial charge in [0.15, 0.2) is 0 Å². The molecule has 5 nitrogen and oxygen atoms in total. The molecule has 1 heterocycles. The number of nitrogens with zero attached hydrogens (tertiary/aromatic N) is 2. The van der Waals surface area contributed by atoms with Crippen LogP contribution in [-0.2, 0) is 6.18 Å². The summed E-state index contributed by atoms with van der Waals surface area (Å²) in [5.41, 5.74) is -0.0925. The van der Waals surface area contributed by atoms with E-state index in [1.165, 1.54) is 18.2 Å². The Morgan fingerprint density at radius 2 is 1.81 bits per heavy atom. The maximum Gasteiger partial charge on any atom is 0.416 e. The standard InChI is InChI=1S/C18H21F3N4O/c1-11(2)8-9-22-17(26)15-10-16(24-12(3)23-15)25-14-6-4-13(5-7-14)18(19,20)21/h4-7,10-11H,8-9H2,1-3H3,(H,22,26)(H,23,24,25). The molecule has 0 aliphatic rings. The fraction of sp³-hybridized carbons (Fsp3) is 0.389. The number of halogens is 3. The van der Waals surface area contributed by atoms with Crippen molar-refractivity contribution < 1.29 is 18.0 Å². The molecule has 26 heavy (non-hydrogen) atoms. The number of benzene rings is 1. The molecule has 0 saturated heterocycles. The van der Waals surface area contributed by atoms with Gasteiger partial charge >= 0.3 is 6.18 Å². The number of amides is 1. The smallest absolute Gasteiger partial charge is 0.351 e. The molecule has 0 unspecified atom stereocenters. The van der Waals surface area contributed by atoms with Crippen LogP contribution < -0.4 is 10.6 Å². The van der Waals surface area contributed by atoms with Gasteiger partial charge < -0.3 is 10.6 Å². The van der Waals surface area contributed by atoms with Crippen LogP contribution in [0.25, 0.3) is 0 Å². The van der Waals surface area contributed by atoms with Gasteiger partial charge in [0.25, 0.3) is 5.91 Å². The predicted octanol–water partition coefficient (Wildman–Crippen LogP) is 4.32. The maximum atomic E-state index is 12.6. The van der Waals surface area contributed by atoms with Crippen LogP contribution in [0, 0.1) is 12.8 Å². The number of aryl methyl sites for hydroxylation is 1. The van der Waals surface area contributed by atoms with Crippen LogP contribution >= 0.6 is 0 Å². The van der Waals surface area contributed by atoms with Crippen LogP contribution in [0.1, 0.15) is 42.1 Å². The Morgan fingerprint density at radius 3 is 2.38 bits per heavy atom. The molecule has 1 aromatic heterocycles. The number of alkyl halides is 3. The Kier molecular flexibility index (Phi) is 6.18. The molecule has 0 aliphatic carbocycles. The molecule has 2 rings (SSSR count). The Labute approximate surface area is 150 Å². The van der Waals surface area contributed by atoms with E-state index >= 15 is 0 Å². The first kappa shape index (κ1) is 19.7. The monoisotopic (exact) mass is 366 g/mol. The lowest BCUT2D eigenvalue weighted by Crippen LogP contribution is -2.26. The highest BCUT2D eigenvalue weighted by molar-refractivity contribution is 5.93. The van der Waals surface area contributed by atoms with E-state index in [0.717, 1.165) is 18.6 Å². The highest BCUT2D eigenvalue weighted by Crippen LogP contribution is 2.30. The lowest BCUT2D eigenvalue weighted by Gasteiger charge is -2.11. The van der Waals surface area contributed by atoms with Crippen molar-refractivity contribution in [2.75, 3.05) is 11.9 Å². The minimum atomic E-state index is -4.38. The number of carbonyl (C=O) groups is 1. The zero-order valence-corrected chi connectivity index (χ0v) is 14.8. The van der Waals surface area contributed by atoms with Gasteiger partial charge in [-0.15, -0.1) is 0 Å². The fourth-order valence-electron chi connectivity index (χ4n) is 2.20. The number of hydrogen-bond acceptors (Lipinski definition) is 4. The lowest BCUT2D eigenvalue weighted by atomic mass is 10.1. The van der Waals surface area contributed by atoms with Gasteiger partial charge in [-0.1, -0.05) is 13.8 Å². The van der Waals surface area contributed by atoms with Gasteiger partial charge in [-0.3, -0.25) is 4.79 Å². The molecule has 0 radical (unpaired) electrons. The molecule has 140 valence electrons. The van der Waals surface area contributed by atoms with Crippen LogP contribution in [0.4, 0.5) is 24.7 Å². The molecule has 2 N–H and O–H groups in total. The third-order valence-electron chi connectivity index (χ3n) is 3.56. The molecule has 1 aromatic carbocycles. The summed E-state index contributed by atoms with van der Waals surface area (Å²) in [7, 11) is 0. The zero-order valence-electron chi connectivity index (χ0n) is 14.8. The first-order valence-electron chi connectivity index (χ1n) is 8.23. The van der Waals surface area contributed by atoms with Crippen molar-refractivity contribution in [1.29, 1.82) is 0 Å². The van der Waals surface area contributed by atoms with E-state index in [0.29, 0.717) is 29.8 Å². The predicted molar refractivity (Wildman–Crippen MR) is 93.3 cm³/mol. The maximum absolute atomic E-state index is 12.6. The Morgan fingerprint density at radius 1 is 1.15 bits per heavy atom. The number of hydrogen-bond donors (Lipinski definition) is 2. The second-order valence-corrected chi connectivity index (χ2v) is 6.32. The normalized spacial score (nSPS) is 11.5. The van der Waals surface area contributed by atoms with Crippen molar-refractivity contribution in [2.24, 2.45) is 5.92 Å². The van der Waals surface area contributed by atoms with Gasteiger partial charge in [-0.05, 0) is 43.5 Å². The molecular formula is C18H21F3N4O. The fourth-order valence-corrected chi connectivity index (χ4v) is 2.20. The quantitative estimate of drug-likeness (QED) is 0.799. The van der Waals surface area contributed by atoms with Crippen LogP contribution in [0.2, 0.25) is 0 Å². The summed E-state index contributed by atoms with van der Waals surface area (Å²) in [6, 6.07) is 6.05. The molecule has 2 aromatic rings. The summed E-state index contributed by atoms with van der Waals surface area (Å²) in [5, 5.41) is 5.69. The molecule has 0 saturated carbocycles. The third kappa shape index (κ3) is 5.72. The third-order valence-corrected chi connectivity index (χ3v) is 3.56. The second-order valence-electron chi connectivity index (χ2n) is 6.32. The first-order chi connectivity index (χ1) is 12.1. The van der Waals surface area contributed by atoms with E-state index in [9.17, 15) is 18.0 Å². The van der Waals surface area contributed by atoms with Gasteiger partial charge in [0, 0.05) is 18.3 Å². The van der Waals surface area contributed by atoms with Crippen molar-refractivity contribution in [2.45, 2.75) is 33.4 Å². The van der Waals surface area contributed by atoms with Gasteiger partial charge in [-0.25, -0.2) is 9.97 Å². The Balaban J connectivity index is 2.10. The minimum Gasteiger partial charge on any atom is -0.351 e. The number of anilines is 2. The van der Waals surface area contributed by atoms with E-state index in [1.54, 1.807) is 6.92 Å². The van der Waals surface area contributed by atoms with Crippen molar-refractivity contribution in [3.63, 3.8) is 0 Å². The molecule has 0 aliphatic heterocycles. The largest absolute Gasteiger partial charge is 0.416 e. The Bertz CT molecular complexity index is 758. The molecule has 0 fully saturated rings. The van der Waals surface area contributed by atoms with E-state index in [1.807, 2.05) is 0 Å². The number of carbonyl (C=O) groups excluding carboxylic acids is 1. The molecule has 0 atom stereocenters. The molecule has 1 amide bonds. The molecule has 0 spiro atoms. The van der Waals surface area contributed by atoms with Crippen LogP contribution in [0.3, 0.4) is 0 Å². The second kappa shape index (κ2) is 8.16. The minimum absolute atomic E-state index is 0.204. The van der Waals surface area contributed by atoms with E-state index < -0.39 is 11.7 Å². The van der Waals surface area contributed by atoms with Crippen LogP contribution in [0.15, 0.2) is 30.3 Å². The van der Waals surface area contributed by atoms with Crippen LogP contribution in [-0.4, -0.2) is 22.4 Å². The number of nitrogens with one attached hydrogen (secondary N) is 2. The first-order valence-corrected chi connectivity index (χ1v) is 8.23. The summed E-state index contributed by atoms with van der Waals surface area (Å²) < 4.78 is 37.8. The Hall–Kier alpha value is -2.64. The van der Waals surface area contributed by atoms with Crippen molar-refractivity contribution >= 4 is 17.4 Å². The van der Waals surface area contributed by atoms with Gasteiger partial charge in [0.1, 0.15) is 17.3 Å². The van der Waals surface area contributed by atoms with E-state index in [4.69, 9.17) is 0 Å². The highest BCUT2D eigenvalue weighted by Gasteiger charge is 2.29. The van der Waals surface area contributed by atoms with Crippen molar-refractivity contribution in [3.05, 3.63) is 47.4 Å².